The molecule has 15 heteroatoms. The Bertz CT molecular complexity index is 1550. The van der Waals surface area contributed by atoms with E-state index in [2.05, 4.69) is 27.7 Å². The largest absolute Gasteiger partial charge is 0.478 e. The molecule has 13 nitrogen and oxygen atoms in total. The van der Waals surface area contributed by atoms with Gasteiger partial charge in [-0.2, -0.15) is 8.61 Å². The van der Waals surface area contributed by atoms with E-state index in [9.17, 15) is 36.6 Å². The van der Waals surface area contributed by atoms with E-state index in [0.717, 1.165) is 34.3 Å². The number of nitrogens with zero attached hydrogens (tertiary/aromatic N) is 2. The number of hydrogen-bond acceptors (Lipinski definition) is 9. The predicted octanol–water partition coefficient (Wildman–Crippen LogP) is 3.10. The molecular weight excluding hydrogens is 677 g/mol. The Balaban J connectivity index is 1.14. The number of carbonyl (C=O) groups is 2. The van der Waals surface area contributed by atoms with Gasteiger partial charge >= 0.3 is 11.9 Å². The summed E-state index contributed by atoms with van der Waals surface area (Å²) in [5, 5.41) is 21.7. The van der Waals surface area contributed by atoms with Crippen molar-refractivity contribution in [1.29, 1.82) is 0 Å². The fraction of sp³-hybridized carbons (Fsp3) is 0.941. The number of carboxylic acids is 2. The van der Waals surface area contributed by atoms with Gasteiger partial charge in [-0.15, -0.1) is 0 Å². The molecule has 10 atom stereocenters. The van der Waals surface area contributed by atoms with E-state index in [1.807, 2.05) is 0 Å². The first kappa shape index (κ1) is 34.7. The van der Waals surface area contributed by atoms with Crippen LogP contribution in [0.1, 0.15) is 91.9 Å². The van der Waals surface area contributed by atoms with Gasteiger partial charge in [0, 0.05) is 50.0 Å². The van der Waals surface area contributed by atoms with Crippen molar-refractivity contribution in [1.82, 2.24) is 8.61 Å². The van der Waals surface area contributed by atoms with Crippen molar-refractivity contribution in [3.63, 3.8) is 0 Å². The van der Waals surface area contributed by atoms with Crippen LogP contribution in [-0.4, -0.2) is 109 Å². The normalized spacial score (nSPS) is 46.9. The number of carboxylic acid groups (broad SMARTS) is 2. The molecule has 0 spiro atoms. The summed E-state index contributed by atoms with van der Waals surface area (Å²) in [6, 6.07) is 0. The van der Waals surface area contributed by atoms with E-state index in [0.29, 0.717) is 37.9 Å². The zero-order valence-electron chi connectivity index (χ0n) is 29.1. The number of fused-ring (bicyclic) bond motifs is 10. The standard InChI is InChI=1S/C34H52N2O11S2/c1-29(2)23-7-13-31(29,25-21(23)9-17-45-25)19-48(41,42)35-15-5-11-33(35,27(37)38)47-34(28(39)40)12-6-16-36(34)49(43,44)20-32-14-8-24(30(32,3)4)22-10-18-46-26(22)32/h21-26H,5-20H2,1-4H3,(H,37,38)(H,39,40)/t21-,22-,23-,24?,25-,26-,31+,32-,33+,34+/m0/s1. The lowest BCUT2D eigenvalue weighted by atomic mass is 9.69. The second-order valence-electron chi connectivity index (χ2n) is 17.7. The minimum atomic E-state index is -4.38. The molecule has 276 valence electrons. The third-order valence-corrected chi connectivity index (χ3v) is 19.8. The number of ether oxygens (including phenoxy) is 3. The van der Waals surface area contributed by atoms with Gasteiger partial charge in [-0.1, -0.05) is 27.7 Å². The maximum Gasteiger partial charge on any atom is 0.352 e. The average molecular weight is 729 g/mol. The van der Waals surface area contributed by atoms with Crippen molar-refractivity contribution in [3.8, 4) is 0 Å². The topological polar surface area (TPSA) is 177 Å². The van der Waals surface area contributed by atoms with Crippen molar-refractivity contribution >= 4 is 32.0 Å². The highest BCUT2D eigenvalue weighted by molar-refractivity contribution is 7.89. The van der Waals surface area contributed by atoms with Crippen LogP contribution in [0.3, 0.4) is 0 Å². The molecule has 4 heterocycles. The van der Waals surface area contributed by atoms with Crippen molar-refractivity contribution in [3.05, 3.63) is 0 Å². The van der Waals surface area contributed by atoms with Crippen molar-refractivity contribution in [2.45, 2.75) is 116 Å². The minimum Gasteiger partial charge on any atom is -0.478 e. The van der Waals surface area contributed by atoms with Crippen LogP contribution >= 0.6 is 0 Å². The van der Waals surface area contributed by atoms with Crippen molar-refractivity contribution in [2.75, 3.05) is 37.8 Å². The van der Waals surface area contributed by atoms with E-state index >= 15 is 0 Å². The van der Waals surface area contributed by atoms with Gasteiger partial charge in [0.05, 0.1) is 23.7 Å². The molecule has 8 aliphatic rings. The van der Waals surface area contributed by atoms with Crippen LogP contribution in [0.15, 0.2) is 0 Å². The van der Waals surface area contributed by atoms with Gasteiger partial charge in [-0.3, -0.25) is 0 Å². The Labute approximate surface area is 289 Å². The minimum absolute atomic E-state index is 0.120. The Kier molecular flexibility index (Phi) is 7.52. The molecule has 49 heavy (non-hydrogen) atoms. The van der Waals surface area contributed by atoms with E-state index in [-0.39, 0.29) is 85.2 Å². The predicted molar refractivity (Wildman–Crippen MR) is 175 cm³/mol. The van der Waals surface area contributed by atoms with Gasteiger partial charge in [-0.25, -0.2) is 26.4 Å². The lowest BCUT2D eigenvalue weighted by Crippen LogP contribution is -2.66. The highest BCUT2D eigenvalue weighted by Gasteiger charge is 2.74. The van der Waals surface area contributed by atoms with Crippen LogP contribution in [0.25, 0.3) is 0 Å². The monoisotopic (exact) mass is 728 g/mol. The second kappa shape index (κ2) is 10.6. The molecule has 0 radical (unpaired) electrons. The Morgan fingerprint density at radius 1 is 0.673 bits per heavy atom. The number of hydrogen-bond donors (Lipinski definition) is 2. The molecule has 0 aromatic carbocycles. The van der Waals surface area contributed by atoms with Crippen LogP contribution in [0.4, 0.5) is 0 Å². The summed E-state index contributed by atoms with van der Waals surface area (Å²) in [5.41, 5.74) is -7.38. The van der Waals surface area contributed by atoms with Crippen LogP contribution in [0.5, 0.6) is 0 Å². The molecule has 0 aromatic heterocycles. The lowest BCUT2D eigenvalue weighted by molar-refractivity contribution is -0.238. The van der Waals surface area contributed by atoms with Gasteiger partial charge in [0.15, 0.2) is 0 Å². The first-order valence-corrected chi connectivity index (χ1v) is 21.5. The maximum absolute atomic E-state index is 14.6. The molecular formula is C34H52N2O11S2. The van der Waals surface area contributed by atoms with Crippen LogP contribution in [0, 0.1) is 45.3 Å². The van der Waals surface area contributed by atoms with E-state index < -0.39 is 54.3 Å². The molecule has 4 aliphatic heterocycles. The van der Waals surface area contributed by atoms with Crippen LogP contribution < -0.4 is 0 Å². The Hall–Kier alpha value is -1.36. The molecule has 0 amide bonds. The summed E-state index contributed by atoms with van der Waals surface area (Å²) in [5.74, 6) is -2.88. The molecule has 4 aliphatic carbocycles. The smallest absolute Gasteiger partial charge is 0.352 e. The summed E-state index contributed by atoms with van der Waals surface area (Å²) in [6.07, 6.45) is 3.87. The molecule has 4 bridgehead atoms. The number of rotatable bonds is 10. The fourth-order valence-electron chi connectivity index (χ4n) is 13.4. The molecule has 8 fully saturated rings. The highest BCUT2D eigenvalue weighted by Crippen LogP contribution is 2.72. The SMILES string of the molecule is CC1(C)C2CC[C@]1(CS(=O)(=O)N1CCC[C@@]1(O[C@@]1(C(=O)O)CCCN1S(=O)(=O)C[C@]13CC[C@@H]([C@@H]4CCO[C@@H]41)C3(C)C)C(=O)O)[C@H]1OCC[C@@H]21. The van der Waals surface area contributed by atoms with Crippen LogP contribution in [-0.2, 0) is 43.8 Å². The molecule has 8 rings (SSSR count). The third kappa shape index (κ3) is 4.21. The van der Waals surface area contributed by atoms with Crippen molar-refractivity contribution in [2.24, 2.45) is 45.3 Å². The summed E-state index contributed by atoms with van der Waals surface area (Å²) < 4.78 is 78.8. The van der Waals surface area contributed by atoms with Crippen LogP contribution in [0.2, 0.25) is 0 Å². The van der Waals surface area contributed by atoms with E-state index in [1.165, 1.54) is 0 Å². The molecule has 4 saturated heterocycles. The summed E-state index contributed by atoms with van der Waals surface area (Å²) in [7, 11) is -8.76. The van der Waals surface area contributed by atoms with Gasteiger partial charge in [0.1, 0.15) is 0 Å². The zero-order valence-corrected chi connectivity index (χ0v) is 30.7. The number of sulfonamides is 2. The zero-order chi connectivity index (χ0) is 35.2. The molecule has 2 N–H and O–H groups in total. The maximum atomic E-state index is 14.6. The number of aliphatic carboxylic acids is 2. The fourth-order valence-corrected chi connectivity index (χ4v) is 18.5. The Morgan fingerprint density at radius 2 is 1.06 bits per heavy atom. The molecule has 0 aromatic rings. The molecule has 1 unspecified atom stereocenters. The lowest BCUT2D eigenvalue weighted by Gasteiger charge is -2.46. The highest BCUT2D eigenvalue weighted by atomic mass is 32.2. The Morgan fingerprint density at radius 3 is 1.43 bits per heavy atom. The molecule has 4 saturated carbocycles. The van der Waals surface area contributed by atoms with Gasteiger partial charge in [0.2, 0.25) is 31.5 Å². The quantitative estimate of drug-likeness (QED) is 0.338. The van der Waals surface area contributed by atoms with Gasteiger partial charge in [0.25, 0.3) is 0 Å². The van der Waals surface area contributed by atoms with Crippen molar-refractivity contribution < 1.29 is 50.8 Å². The first-order chi connectivity index (χ1) is 22.8. The van der Waals surface area contributed by atoms with E-state index in [4.69, 9.17) is 14.2 Å². The van der Waals surface area contributed by atoms with Gasteiger partial charge in [-0.05, 0) is 85.9 Å². The van der Waals surface area contributed by atoms with Gasteiger partial charge < -0.3 is 24.4 Å². The third-order valence-electron chi connectivity index (χ3n) is 15.7. The summed E-state index contributed by atoms with van der Waals surface area (Å²) in [6.45, 7) is 9.12. The van der Waals surface area contributed by atoms with E-state index in [1.54, 1.807) is 0 Å². The first-order valence-electron chi connectivity index (χ1n) is 18.2. The average Bonchev–Trinajstić information content (AvgIpc) is 3.85. The summed E-state index contributed by atoms with van der Waals surface area (Å²) in [4.78, 5) is 26.7. The second-order valence-corrected chi connectivity index (χ2v) is 21.5. The summed E-state index contributed by atoms with van der Waals surface area (Å²) >= 11 is 0.